The molecule has 1 atom stereocenters. The van der Waals surface area contributed by atoms with Crippen LogP contribution in [0.25, 0.3) is 0 Å². The first-order chi connectivity index (χ1) is 15.8. The number of benzene rings is 3. The van der Waals surface area contributed by atoms with E-state index >= 15 is 0 Å². The minimum Gasteiger partial charge on any atom is -0.502 e. The highest BCUT2D eigenvalue weighted by Crippen LogP contribution is 2.29. The monoisotopic (exact) mass is 448 g/mol. The quantitative estimate of drug-likeness (QED) is 0.200. The number of carbonyl (C=O) groups is 2. The molecule has 2 N–H and O–H groups in total. The van der Waals surface area contributed by atoms with Crippen molar-refractivity contribution in [3.05, 3.63) is 99.1 Å². The van der Waals surface area contributed by atoms with E-state index in [0.29, 0.717) is 11.3 Å². The molecular formula is C25H24N2O6. The Balaban J connectivity index is 1.86. The zero-order valence-corrected chi connectivity index (χ0v) is 18.3. The Bertz CT molecular complexity index is 1170. The van der Waals surface area contributed by atoms with E-state index in [2.05, 4.69) is 5.32 Å². The van der Waals surface area contributed by atoms with Gasteiger partial charge in [-0.05, 0) is 55.8 Å². The van der Waals surface area contributed by atoms with E-state index in [1.54, 1.807) is 31.2 Å². The molecule has 0 aliphatic heterocycles. The molecule has 33 heavy (non-hydrogen) atoms. The van der Waals surface area contributed by atoms with Crippen molar-refractivity contribution in [1.82, 2.24) is 0 Å². The third-order valence-electron chi connectivity index (χ3n) is 5.07. The maximum absolute atomic E-state index is 13.0. The Kier molecular flexibility index (Phi) is 7.40. The van der Waals surface area contributed by atoms with Crippen molar-refractivity contribution in [2.24, 2.45) is 0 Å². The topological polar surface area (TPSA) is 119 Å². The molecule has 0 bridgehead atoms. The largest absolute Gasteiger partial charge is 0.502 e. The number of anilines is 1. The molecule has 0 saturated heterocycles. The standard InChI is InChI=1S/C25H24N2O6/c1-3-33-25(30)17-7-10-20(11-8-17)26-21(18-6-4-5-16(2)13-18)15-24(29)19-9-12-23(28)22(14-19)27(31)32/h4-14,21,26,28H,3,15H2,1-2H3. The van der Waals surface area contributed by atoms with Gasteiger partial charge in [0.05, 0.1) is 23.1 Å². The van der Waals surface area contributed by atoms with E-state index < -0.39 is 28.4 Å². The zero-order chi connectivity index (χ0) is 24.0. The van der Waals surface area contributed by atoms with Crippen molar-refractivity contribution in [2.75, 3.05) is 11.9 Å². The van der Waals surface area contributed by atoms with Gasteiger partial charge in [0.25, 0.3) is 0 Å². The van der Waals surface area contributed by atoms with Crippen LogP contribution in [0.5, 0.6) is 5.75 Å². The maximum atomic E-state index is 13.0. The van der Waals surface area contributed by atoms with Crippen LogP contribution in [0.3, 0.4) is 0 Å². The molecule has 0 aliphatic rings. The van der Waals surface area contributed by atoms with Gasteiger partial charge in [-0.1, -0.05) is 29.8 Å². The lowest BCUT2D eigenvalue weighted by molar-refractivity contribution is -0.385. The molecule has 0 amide bonds. The minimum atomic E-state index is -0.729. The van der Waals surface area contributed by atoms with E-state index in [4.69, 9.17) is 4.74 Å². The van der Waals surface area contributed by atoms with E-state index in [-0.39, 0.29) is 24.4 Å². The fourth-order valence-corrected chi connectivity index (χ4v) is 3.40. The Hall–Kier alpha value is -4.20. The number of nitrogens with one attached hydrogen (secondary N) is 1. The highest BCUT2D eigenvalue weighted by molar-refractivity contribution is 5.97. The number of hydrogen-bond acceptors (Lipinski definition) is 7. The van der Waals surface area contributed by atoms with E-state index in [1.807, 2.05) is 31.2 Å². The number of nitrogens with zero attached hydrogens (tertiary/aromatic N) is 1. The second-order valence-electron chi connectivity index (χ2n) is 7.50. The van der Waals surface area contributed by atoms with Crippen LogP contribution < -0.4 is 5.32 Å². The van der Waals surface area contributed by atoms with Gasteiger partial charge in [-0.3, -0.25) is 14.9 Å². The average molecular weight is 448 g/mol. The number of nitro benzene ring substituents is 1. The normalized spacial score (nSPS) is 11.5. The van der Waals surface area contributed by atoms with Gasteiger partial charge in [0.1, 0.15) is 0 Å². The first kappa shape index (κ1) is 23.5. The summed E-state index contributed by atoms with van der Waals surface area (Å²) in [6.07, 6.45) is 0.0189. The number of Topliss-reactive ketones (excluding diaryl/α,β-unsaturated/α-hetero) is 1. The van der Waals surface area contributed by atoms with Crippen molar-refractivity contribution in [3.8, 4) is 5.75 Å². The van der Waals surface area contributed by atoms with Crippen molar-refractivity contribution in [3.63, 3.8) is 0 Å². The van der Waals surface area contributed by atoms with Crippen molar-refractivity contribution >= 4 is 23.1 Å². The summed E-state index contributed by atoms with van der Waals surface area (Å²) >= 11 is 0. The fourth-order valence-electron chi connectivity index (χ4n) is 3.40. The zero-order valence-electron chi connectivity index (χ0n) is 18.3. The number of phenolic OH excluding ortho intramolecular Hbond substituents is 1. The van der Waals surface area contributed by atoms with Gasteiger partial charge in [-0.2, -0.15) is 0 Å². The number of aromatic hydroxyl groups is 1. The number of hydrogen-bond donors (Lipinski definition) is 2. The number of nitro groups is 1. The third-order valence-corrected chi connectivity index (χ3v) is 5.07. The molecule has 0 spiro atoms. The number of aryl methyl sites for hydroxylation is 1. The highest BCUT2D eigenvalue weighted by Gasteiger charge is 2.21. The van der Waals surface area contributed by atoms with E-state index in [9.17, 15) is 24.8 Å². The predicted octanol–water partition coefficient (Wildman–Crippen LogP) is 5.21. The molecule has 0 aromatic heterocycles. The van der Waals surface area contributed by atoms with E-state index in [0.717, 1.165) is 23.3 Å². The summed E-state index contributed by atoms with van der Waals surface area (Å²) in [6.45, 7) is 3.96. The van der Waals surface area contributed by atoms with Gasteiger partial charge in [0.15, 0.2) is 11.5 Å². The van der Waals surface area contributed by atoms with Crippen molar-refractivity contribution in [1.29, 1.82) is 0 Å². The number of carbonyl (C=O) groups excluding carboxylic acids is 2. The Labute approximate surface area is 191 Å². The second-order valence-corrected chi connectivity index (χ2v) is 7.50. The van der Waals surface area contributed by atoms with Crippen LogP contribution in [-0.4, -0.2) is 28.4 Å². The molecule has 0 fully saturated rings. The fraction of sp³-hybridized carbons (Fsp3) is 0.200. The number of ketones is 1. The lowest BCUT2D eigenvalue weighted by Crippen LogP contribution is -2.16. The molecule has 0 saturated carbocycles. The Morgan fingerprint density at radius 2 is 1.76 bits per heavy atom. The first-order valence-corrected chi connectivity index (χ1v) is 10.4. The van der Waals surface area contributed by atoms with Crippen molar-refractivity contribution < 1.29 is 24.4 Å². The molecule has 1 unspecified atom stereocenters. The van der Waals surface area contributed by atoms with Crippen LogP contribution in [0.1, 0.15) is 51.2 Å². The predicted molar refractivity (Wildman–Crippen MR) is 124 cm³/mol. The van der Waals surface area contributed by atoms with Crippen LogP contribution in [0, 0.1) is 17.0 Å². The lowest BCUT2D eigenvalue weighted by Gasteiger charge is -2.21. The SMILES string of the molecule is CCOC(=O)c1ccc(NC(CC(=O)c2ccc(O)c([N+](=O)[O-])c2)c2cccc(C)c2)cc1. The van der Waals surface area contributed by atoms with Gasteiger partial charge in [0.2, 0.25) is 0 Å². The maximum Gasteiger partial charge on any atom is 0.338 e. The minimum absolute atomic E-state index is 0.0189. The summed E-state index contributed by atoms with van der Waals surface area (Å²) in [6, 6.07) is 17.6. The molecular weight excluding hydrogens is 424 g/mol. The summed E-state index contributed by atoms with van der Waals surface area (Å²) in [5, 5.41) is 24.1. The van der Waals surface area contributed by atoms with Crippen LogP contribution in [-0.2, 0) is 4.74 Å². The van der Waals surface area contributed by atoms with Crippen LogP contribution in [0.15, 0.2) is 66.7 Å². The Morgan fingerprint density at radius 3 is 2.39 bits per heavy atom. The number of rotatable bonds is 9. The summed E-state index contributed by atoms with van der Waals surface area (Å²) in [4.78, 5) is 35.3. The summed E-state index contributed by atoms with van der Waals surface area (Å²) in [5.74, 6) is -1.23. The number of ether oxygens (including phenoxy) is 1. The van der Waals surface area contributed by atoms with E-state index in [1.165, 1.54) is 6.07 Å². The Morgan fingerprint density at radius 1 is 1.06 bits per heavy atom. The second kappa shape index (κ2) is 10.4. The molecule has 8 heteroatoms. The lowest BCUT2D eigenvalue weighted by atomic mass is 9.96. The summed E-state index contributed by atoms with van der Waals surface area (Å²) < 4.78 is 5.00. The molecule has 3 aromatic rings. The van der Waals surface area contributed by atoms with Crippen LogP contribution >= 0.6 is 0 Å². The smallest absolute Gasteiger partial charge is 0.338 e. The van der Waals surface area contributed by atoms with Crippen LogP contribution in [0.2, 0.25) is 0 Å². The van der Waals surface area contributed by atoms with Gasteiger partial charge in [0, 0.05) is 23.7 Å². The van der Waals surface area contributed by atoms with Gasteiger partial charge < -0.3 is 15.2 Å². The molecule has 0 heterocycles. The molecule has 0 radical (unpaired) electrons. The number of esters is 1. The van der Waals surface area contributed by atoms with Crippen LogP contribution in [0.4, 0.5) is 11.4 Å². The van der Waals surface area contributed by atoms with Gasteiger partial charge >= 0.3 is 11.7 Å². The molecule has 0 aliphatic carbocycles. The number of phenols is 1. The molecule has 8 nitrogen and oxygen atoms in total. The summed E-state index contributed by atoms with van der Waals surface area (Å²) in [5.41, 5.74) is 2.61. The highest BCUT2D eigenvalue weighted by atomic mass is 16.6. The van der Waals surface area contributed by atoms with Gasteiger partial charge in [-0.25, -0.2) is 4.79 Å². The summed E-state index contributed by atoms with van der Waals surface area (Å²) in [7, 11) is 0. The molecule has 3 aromatic carbocycles. The average Bonchev–Trinajstić information content (AvgIpc) is 2.79. The first-order valence-electron chi connectivity index (χ1n) is 10.4. The molecule has 170 valence electrons. The van der Waals surface area contributed by atoms with Crippen molar-refractivity contribution in [2.45, 2.75) is 26.3 Å². The molecule has 3 rings (SSSR count). The van der Waals surface area contributed by atoms with Gasteiger partial charge in [-0.15, -0.1) is 0 Å². The third kappa shape index (κ3) is 5.94.